The predicted octanol–water partition coefficient (Wildman–Crippen LogP) is 4.15. The highest BCUT2D eigenvalue weighted by atomic mass is 32.1. The van der Waals surface area contributed by atoms with Crippen molar-refractivity contribution in [1.82, 2.24) is 10.3 Å². The van der Waals surface area contributed by atoms with Crippen LogP contribution in [-0.4, -0.2) is 10.1 Å². The van der Waals surface area contributed by atoms with Crippen molar-refractivity contribution in [2.75, 3.05) is 5.32 Å². The van der Waals surface area contributed by atoms with Crippen molar-refractivity contribution >= 4 is 23.1 Å². The number of anilines is 1. The SMILES string of the molecule is Cc1cccc(NC(=S)NC2(c3ccccc3)CCCC2)n1. The molecule has 0 atom stereocenters. The van der Waals surface area contributed by atoms with Crippen LogP contribution in [0.15, 0.2) is 48.5 Å². The number of nitrogens with zero attached hydrogens (tertiary/aromatic N) is 1. The van der Waals surface area contributed by atoms with E-state index < -0.39 is 0 Å². The molecule has 22 heavy (non-hydrogen) atoms. The summed E-state index contributed by atoms with van der Waals surface area (Å²) in [7, 11) is 0. The molecular formula is C18H21N3S. The third-order valence-corrected chi connectivity index (χ3v) is 4.47. The maximum absolute atomic E-state index is 5.53. The highest BCUT2D eigenvalue weighted by Crippen LogP contribution is 2.38. The number of rotatable bonds is 3. The van der Waals surface area contributed by atoms with Crippen molar-refractivity contribution in [2.24, 2.45) is 0 Å². The van der Waals surface area contributed by atoms with Crippen LogP contribution >= 0.6 is 12.2 Å². The summed E-state index contributed by atoms with van der Waals surface area (Å²) in [5.41, 5.74) is 2.25. The molecule has 1 aromatic heterocycles. The van der Waals surface area contributed by atoms with Crippen molar-refractivity contribution in [2.45, 2.75) is 38.1 Å². The molecule has 3 rings (SSSR count). The molecule has 2 N–H and O–H groups in total. The van der Waals surface area contributed by atoms with Crippen LogP contribution < -0.4 is 10.6 Å². The lowest BCUT2D eigenvalue weighted by molar-refractivity contribution is 0.408. The zero-order chi connectivity index (χ0) is 15.4. The van der Waals surface area contributed by atoms with Gasteiger partial charge in [0, 0.05) is 5.69 Å². The van der Waals surface area contributed by atoms with Crippen LogP contribution in [0.4, 0.5) is 5.82 Å². The predicted molar refractivity (Wildman–Crippen MR) is 94.9 cm³/mol. The molecule has 1 heterocycles. The number of thiocarbonyl (C=S) groups is 1. The van der Waals surface area contributed by atoms with Gasteiger partial charge in [-0.15, -0.1) is 0 Å². The van der Waals surface area contributed by atoms with Crippen molar-refractivity contribution in [3.8, 4) is 0 Å². The molecule has 0 radical (unpaired) electrons. The highest BCUT2D eigenvalue weighted by Gasteiger charge is 2.36. The molecule has 0 spiro atoms. The van der Waals surface area contributed by atoms with Gasteiger partial charge in [0.2, 0.25) is 0 Å². The second kappa shape index (κ2) is 6.44. The lowest BCUT2D eigenvalue weighted by Gasteiger charge is -2.32. The van der Waals surface area contributed by atoms with Gasteiger partial charge in [-0.05, 0) is 49.7 Å². The minimum Gasteiger partial charge on any atom is -0.353 e. The molecule has 3 nitrogen and oxygen atoms in total. The van der Waals surface area contributed by atoms with Gasteiger partial charge in [-0.1, -0.05) is 49.2 Å². The van der Waals surface area contributed by atoms with Crippen molar-refractivity contribution in [1.29, 1.82) is 0 Å². The summed E-state index contributed by atoms with van der Waals surface area (Å²) < 4.78 is 0. The average molecular weight is 311 g/mol. The number of nitrogens with one attached hydrogen (secondary N) is 2. The van der Waals surface area contributed by atoms with E-state index in [0.29, 0.717) is 5.11 Å². The fraction of sp³-hybridized carbons (Fsp3) is 0.333. The van der Waals surface area contributed by atoms with Gasteiger partial charge >= 0.3 is 0 Å². The van der Waals surface area contributed by atoms with Crippen LogP contribution in [0.25, 0.3) is 0 Å². The normalized spacial score (nSPS) is 16.2. The zero-order valence-corrected chi connectivity index (χ0v) is 13.6. The molecule has 1 fully saturated rings. The molecule has 0 saturated heterocycles. The highest BCUT2D eigenvalue weighted by molar-refractivity contribution is 7.80. The van der Waals surface area contributed by atoms with Crippen LogP contribution in [0.2, 0.25) is 0 Å². The number of hydrogen-bond acceptors (Lipinski definition) is 2. The largest absolute Gasteiger partial charge is 0.353 e. The van der Waals surface area contributed by atoms with Crippen LogP contribution in [0.1, 0.15) is 36.9 Å². The molecule has 1 aromatic carbocycles. The van der Waals surface area contributed by atoms with E-state index in [9.17, 15) is 0 Å². The Balaban J connectivity index is 1.76. The van der Waals surface area contributed by atoms with Gasteiger partial charge in [0.15, 0.2) is 5.11 Å². The first-order valence-corrected chi connectivity index (χ1v) is 8.17. The van der Waals surface area contributed by atoms with Gasteiger partial charge in [0.1, 0.15) is 5.82 Å². The van der Waals surface area contributed by atoms with E-state index in [-0.39, 0.29) is 5.54 Å². The standard InChI is InChI=1S/C18H21N3S/c1-14-8-7-11-16(19-14)20-17(22)21-18(12-5-6-13-18)15-9-3-2-4-10-15/h2-4,7-11H,5-6,12-13H2,1H3,(H2,19,20,21,22). The number of pyridine rings is 1. The van der Waals surface area contributed by atoms with Gasteiger partial charge in [0.05, 0.1) is 5.54 Å². The van der Waals surface area contributed by atoms with E-state index in [1.807, 2.05) is 25.1 Å². The summed E-state index contributed by atoms with van der Waals surface area (Å²) in [5.74, 6) is 0.790. The Morgan fingerprint density at radius 3 is 2.45 bits per heavy atom. The number of aromatic nitrogens is 1. The minimum absolute atomic E-state index is 0.0465. The maximum Gasteiger partial charge on any atom is 0.172 e. The Kier molecular flexibility index (Phi) is 4.39. The summed E-state index contributed by atoms with van der Waals surface area (Å²) in [4.78, 5) is 4.44. The van der Waals surface area contributed by atoms with E-state index in [0.717, 1.165) is 24.4 Å². The smallest absolute Gasteiger partial charge is 0.172 e. The van der Waals surface area contributed by atoms with E-state index in [4.69, 9.17) is 12.2 Å². The molecule has 1 saturated carbocycles. The molecule has 1 aliphatic carbocycles. The summed E-state index contributed by atoms with van der Waals surface area (Å²) in [6, 6.07) is 16.5. The summed E-state index contributed by atoms with van der Waals surface area (Å²) in [5, 5.41) is 7.41. The van der Waals surface area contributed by atoms with Crippen molar-refractivity contribution < 1.29 is 0 Å². The van der Waals surface area contributed by atoms with Crippen LogP contribution in [-0.2, 0) is 5.54 Å². The monoisotopic (exact) mass is 311 g/mol. The molecule has 0 amide bonds. The van der Waals surface area contributed by atoms with Crippen LogP contribution in [0.3, 0.4) is 0 Å². The second-order valence-electron chi connectivity index (χ2n) is 5.90. The van der Waals surface area contributed by atoms with Gasteiger partial charge in [-0.25, -0.2) is 4.98 Å². The third-order valence-electron chi connectivity index (χ3n) is 4.27. The lowest BCUT2D eigenvalue weighted by atomic mass is 9.88. The molecule has 0 unspecified atom stereocenters. The Hall–Kier alpha value is -1.94. The van der Waals surface area contributed by atoms with E-state index >= 15 is 0 Å². The fourth-order valence-corrected chi connectivity index (χ4v) is 3.50. The molecule has 114 valence electrons. The third kappa shape index (κ3) is 3.28. The average Bonchev–Trinajstić information content (AvgIpc) is 2.98. The zero-order valence-electron chi connectivity index (χ0n) is 12.8. The Morgan fingerprint density at radius 1 is 1.05 bits per heavy atom. The molecule has 2 aromatic rings. The Bertz CT molecular complexity index is 648. The van der Waals surface area contributed by atoms with Gasteiger partial charge in [0.25, 0.3) is 0 Å². The molecule has 1 aliphatic rings. The first kappa shape index (κ1) is 15.0. The topological polar surface area (TPSA) is 37.0 Å². The minimum atomic E-state index is -0.0465. The maximum atomic E-state index is 5.53. The second-order valence-corrected chi connectivity index (χ2v) is 6.31. The molecule has 0 bridgehead atoms. The first-order chi connectivity index (χ1) is 10.7. The summed E-state index contributed by atoms with van der Waals surface area (Å²) in [6.45, 7) is 1.98. The van der Waals surface area contributed by atoms with Gasteiger partial charge < -0.3 is 10.6 Å². The van der Waals surface area contributed by atoms with Crippen LogP contribution in [0.5, 0.6) is 0 Å². The Labute approximate surface area is 137 Å². The van der Waals surface area contributed by atoms with Gasteiger partial charge in [-0.3, -0.25) is 0 Å². The first-order valence-electron chi connectivity index (χ1n) is 7.76. The molecular weight excluding hydrogens is 290 g/mol. The lowest BCUT2D eigenvalue weighted by Crippen LogP contribution is -2.45. The van der Waals surface area contributed by atoms with E-state index in [2.05, 4.69) is 45.9 Å². The van der Waals surface area contributed by atoms with Crippen LogP contribution in [0, 0.1) is 6.92 Å². The molecule has 4 heteroatoms. The summed E-state index contributed by atoms with van der Waals surface area (Å²) in [6.07, 6.45) is 4.68. The number of aryl methyl sites for hydroxylation is 1. The quantitative estimate of drug-likeness (QED) is 0.835. The van der Waals surface area contributed by atoms with Crippen molar-refractivity contribution in [3.05, 3.63) is 59.8 Å². The summed E-state index contributed by atoms with van der Waals surface area (Å²) >= 11 is 5.53. The number of benzene rings is 1. The van der Waals surface area contributed by atoms with Gasteiger partial charge in [-0.2, -0.15) is 0 Å². The van der Waals surface area contributed by atoms with E-state index in [1.54, 1.807) is 0 Å². The Morgan fingerprint density at radius 2 is 1.77 bits per heavy atom. The number of hydrogen-bond donors (Lipinski definition) is 2. The molecule has 0 aliphatic heterocycles. The van der Waals surface area contributed by atoms with Crippen molar-refractivity contribution in [3.63, 3.8) is 0 Å². The van der Waals surface area contributed by atoms with E-state index in [1.165, 1.54) is 18.4 Å². The fourth-order valence-electron chi connectivity index (χ4n) is 3.20.